The molecule has 1 atom stereocenters. The van der Waals surface area contributed by atoms with Gasteiger partial charge in [0.25, 0.3) is 0 Å². The Morgan fingerprint density at radius 2 is 2.27 bits per heavy atom. The summed E-state index contributed by atoms with van der Waals surface area (Å²) in [6.07, 6.45) is 9.83. The predicted molar refractivity (Wildman–Crippen MR) is 88.7 cm³/mol. The number of amides is 1. The van der Waals surface area contributed by atoms with Crippen LogP contribution in [0.1, 0.15) is 44.9 Å². The van der Waals surface area contributed by atoms with Crippen LogP contribution in [0.4, 0.5) is 0 Å². The van der Waals surface area contributed by atoms with E-state index in [4.69, 9.17) is 0 Å². The summed E-state index contributed by atoms with van der Waals surface area (Å²) in [6, 6.07) is 0.504. The predicted octanol–water partition coefficient (Wildman–Crippen LogP) is 2.17. The second kappa shape index (κ2) is 8.32. The summed E-state index contributed by atoms with van der Waals surface area (Å²) < 4.78 is 2.19. The minimum Gasteiger partial charge on any atom is -0.341 e. The lowest BCUT2D eigenvalue weighted by Crippen LogP contribution is -2.47. The molecule has 1 fully saturated rings. The van der Waals surface area contributed by atoms with Crippen LogP contribution in [0.5, 0.6) is 0 Å². The van der Waals surface area contributed by atoms with Crippen molar-refractivity contribution in [3.05, 3.63) is 18.2 Å². The van der Waals surface area contributed by atoms with Gasteiger partial charge >= 0.3 is 0 Å². The van der Waals surface area contributed by atoms with Gasteiger partial charge < -0.3 is 14.4 Å². The topological polar surface area (TPSA) is 41.4 Å². The van der Waals surface area contributed by atoms with Crippen molar-refractivity contribution >= 4 is 5.91 Å². The summed E-state index contributed by atoms with van der Waals surface area (Å²) in [5.41, 5.74) is 0. The van der Waals surface area contributed by atoms with Gasteiger partial charge in [-0.25, -0.2) is 4.98 Å². The van der Waals surface area contributed by atoms with E-state index in [0.29, 0.717) is 12.5 Å². The maximum absolute atomic E-state index is 12.5. The van der Waals surface area contributed by atoms with Crippen LogP contribution in [0.15, 0.2) is 12.4 Å². The largest absolute Gasteiger partial charge is 0.341 e. The molecular weight excluding hydrogens is 276 g/mol. The highest BCUT2D eigenvalue weighted by Crippen LogP contribution is 2.15. The first kappa shape index (κ1) is 17.0. The van der Waals surface area contributed by atoms with Gasteiger partial charge in [-0.15, -0.1) is 0 Å². The number of imidazole rings is 1. The number of unbranched alkanes of at least 4 members (excludes halogenated alkanes) is 1. The third-order valence-electron chi connectivity index (χ3n) is 4.60. The van der Waals surface area contributed by atoms with E-state index in [0.717, 1.165) is 44.7 Å². The molecular formula is C17H30N4O. The molecule has 2 rings (SSSR count). The number of carbonyl (C=O) groups is 1. The average Bonchev–Trinajstić information content (AvgIpc) is 2.98. The molecule has 0 spiro atoms. The minimum absolute atomic E-state index is 0.275. The van der Waals surface area contributed by atoms with Crippen LogP contribution in [-0.2, 0) is 17.8 Å². The fourth-order valence-electron chi connectivity index (χ4n) is 3.08. The van der Waals surface area contributed by atoms with E-state index in [9.17, 15) is 4.79 Å². The number of likely N-dealkylation sites (tertiary alicyclic amines) is 1. The summed E-state index contributed by atoms with van der Waals surface area (Å²) in [6.45, 7) is 4.98. The van der Waals surface area contributed by atoms with Gasteiger partial charge in [0.05, 0.1) is 0 Å². The molecule has 0 saturated carbocycles. The van der Waals surface area contributed by atoms with Crippen LogP contribution in [0.2, 0.25) is 0 Å². The zero-order chi connectivity index (χ0) is 15.9. The number of aromatic nitrogens is 2. The average molecular weight is 306 g/mol. The van der Waals surface area contributed by atoms with Gasteiger partial charge in [-0.05, 0) is 33.4 Å². The van der Waals surface area contributed by atoms with E-state index in [1.54, 1.807) is 0 Å². The fraction of sp³-hybridized carbons (Fsp3) is 0.765. The molecule has 1 aliphatic heterocycles. The SMILES string of the molecule is CCCCn1ccnc1CCC(=O)N1CCC[C@H](N(C)C)C1. The Kier molecular flexibility index (Phi) is 6.43. The zero-order valence-corrected chi connectivity index (χ0v) is 14.3. The molecule has 0 bridgehead atoms. The van der Waals surface area contributed by atoms with Crippen LogP contribution in [0.25, 0.3) is 0 Å². The normalized spacial score (nSPS) is 18.9. The van der Waals surface area contributed by atoms with Gasteiger partial charge in [-0.1, -0.05) is 13.3 Å². The summed E-state index contributed by atoms with van der Waals surface area (Å²) in [4.78, 5) is 21.1. The molecule has 1 saturated heterocycles. The number of hydrogen-bond donors (Lipinski definition) is 0. The first-order valence-electron chi connectivity index (χ1n) is 8.56. The molecule has 0 N–H and O–H groups in total. The number of piperidine rings is 1. The Balaban J connectivity index is 1.83. The highest BCUT2D eigenvalue weighted by Gasteiger charge is 2.24. The number of rotatable bonds is 7. The summed E-state index contributed by atoms with van der Waals surface area (Å²) in [5.74, 6) is 1.32. The summed E-state index contributed by atoms with van der Waals surface area (Å²) in [7, 11) is 4.20. The van der Waals surface area contributed by atoms with Crippen molar-refractivity contribution in [3.63, 3.8) is 0 Å². The van der Waals surface area contributed by atoms with Crippen molar-refractivity contribution in [2.75, 3.05) is 27.2 Å². The van der Waals surface area contributed by atoms with Crippen molar-refractivity contribution in [1.29, 1.82) is 0 Å². The molecule has 1 aromatic heterocycles. The lowest BCUT2D eigenvalue weighted by atomic mass is 10.0. The lowest BCUT2D eigenvalue weighted by Gasteiger charge is -2.36. The smallest absolute Gasteiger partial charge is 0.223 e. The fourth-order valence-corrected chi connectivity index (χ4v) is 3.08. The first-order valence-corrected chi connectivity index (χ1v) is 8.56. The van der Waals surface area contributed by atoms with E-state index in [1.165, 1.54) is 12.8 Å². The summed E-state index contributed by atoms with van der Waals surface area (Å²) in [5, 5.41) is 0. The third-order valence-corrected chi connectivity index (χ3v) is 4.60. The molecule has 22 heavy (non-hydrogen) atoms. The number of hydrogen-bond acceptors (Lipinski definition) is 3. The zero-order valence-electron chi connectivity index (χ0n) is 14.3. The molecule has 0 aromatic carbocycles. The van der Waals surface area contributed by atoms with Gasteiger partial charge in [0.2, 0.25) is 5.91 Å². The van der Waals surface area contributed by atoms with Crippen LogP contribution in [0.3, 0.4) is 0 Å². The van der Waals surface area contributed by atoms with Crippen LogP contribution in [-0.4, -0.2) is 58.5 Å². The molecule has 5 nitrogen and oxygen atoms in total. The molecule has 1 amide bonds. The molecule has 0 aliphatic carbocycles. The van der Waals surface area contributed by atoms with E-state index in [2.05, 4.69) is 35.5 Å². The minimum atomic E-state index is 0.275. The Morgan fingerprint density at radius 3 is 3.00 bits per heavy atom. The van der Waals surface area contributed by atoms with Gasteiger partial charge in [0, 0.05) is 50.9 Å². The maximum atomic E-state index is 12.5. The van der Waals surface area contributed by atoms with Crippen LogP contribution < -0.4 is 0 Å². The Hall–Kier alpha value is -1.36. The molecule has 1 aromatic rings. The summed E-state index contributed by atoms with van der Waals surface area (Å²) >= 11 is 0. The molecule has 0 unspecified atom stereocenters. The highest BCUT2D eigenvalue weighted by atomic mass is 16.2. The highest BCUT2D eigenvalue weighted by molar-refractivity contribution is 5.76. The van der Waals surface area contributed by atoms with E-state index in [1.807, 2.05) is 17.3 Å². The molecule has 0 radical (unpaired) electrons. The number of aryl methyl sites for hydroxylation is 2. The van der Waals surface area contributed by atoms with E-state index in [-0.39, 0.29) is 5.91 Å². The number of nitrogens with zero attached hydrogens (tertiary/aromatic N) is 4. The van der Waals surface area contributed by atoms with Crippen LogP contribution >= 0.6 is 0 Å². The standard InChI is InChI=1S/C17H30N4O/c1-4-5-11-20-13-10-18-16(20)8-9-17(22)21-12-6-7-15(14-21)19(2)3/h10,13,15H,4-9,11-12,14H2,1-3H3/t15-/m0/s1. The van der Waals surface area contributed by atoms with Crippen molar-refractivity contribution in [2.45, 2.75) is 58.0 Å². The first-order chi connectivity index (χ1) is 10.6. The van der Waals surface area contributed by atoms with Gasteiger partial charge in [-0.3, -0.25) is 4.79 Å². The molecule has 5 heteroatoms. The molecule has 2 heterocycles. The lowest BCUT2D eigenvalue weighted by molar-refractivity contribution is -0.133. The van der Waals surface area contributed by atoms with E-state index >= 15 is 0 Å². The monoisotopic (exact) mass is 306 g/mol. The van der Waals surface area contributed by atoms with Gasteiger partial charge in [0.15, 0.2) is 0 Å². The van der Waals surface area contributed by atoms with Crippen LogP contribution in [0, 0.1) is 0 Å². The second-order valence-corrected chi connectivity index (χ2v) is 6.49. The molecule has 1 aliphatic rings. The number of carbonyl (C=O) groups excluding carboxylic acids is 1. The maximum Gasteiger partial charge on any atom is 0.223 e. The van der Waals surface area contributed by atoms with E-state index < -0.39 is 0 Å². The van der Waals surface area contributed by atoms with Crippen molar-refractivity contribution in [2.24, 2.45) is 0 Å². The van der Waals surface area contributed by atoms with Gasteiger partial charge in [0.1, 0.15) is 5.82 Å². The Morgan fingerprint density at radius 1 is 1.45 bits per heavy atom. The van der Waals surface area contributed by atoms with Crippen molar-refractivity contribution < 1.29 is 4.79 Å². The van der Waals surface area contributed by atoms with Crippen molar-refractivity contribution in [1.82, 2.24) is 19.4 Å². The Bertz CT molecular complexity index is 469. The Labute approximate surface area is 134 Å². The number of likely N-dealkylation sites (N-methyl/N-ethyl adjacent to an activating group) is 1. The quantitative estimate of drug-likeness (QED) is 0.775. The van der Waals surface area contributed by atoms with Crippen molar-refractivity contribution in [3.8, 4) is 0 Å². The second-order valence-electron chi connectivity index (χ2n) is 6.49. The third kappa shape index (κ3) is 4.57. The molecule has 124 valence electrons. The van der Waals surface area contributed by atoms with Gasteiger partial charge in [-0.2, -0.15) is 0 Å².